The smallest absolute Gasteiger partial charge is 0.338 e. The van der Waals surface area contributed by atoms with Gasteiger partial charge >= 0.3 is 5.97 Å². The van der Waals surface area contributed by atoms with Gasteiger partial charge in [-0.15, -0.1) is 0 Å². The first kappa shape index (κ1) is 25.1. The molecule has 1 N–H and O–H groups in total. The molecule has 0 aliphatic carbocycles. The molecule has 2 aliphatic rings. The van der Waals surface area contributed by atoms with Gasteiger partial charge in [-0.1, -0.05) is 65.9 Å². The predicted octanol–water partition coefficient (Wildman–Crippen LogP) is 4.45. The van der Waals surface area contributed by atoms with E-state index in [1.54, 1.807) is 17.6 Å². The Morgan fingerprint density at radius 1 is 1.10 bits per heavy atom. The molecule has 0 radical (unpaired) electrons. The number of nitrogens with one attached hydrogen (secondary N) is 1. The van der Waals surface area contributed by atoms with Crippen LogP contribution in [0.25, 0.3) is 22.7 Å². The number of carbonyl (C=O) groups excluding carboxylic acids is 1. The number of aromatic nitrogens is 2. The number of H-pyrrole nitrogens is 1. The highest BCUT2D eigenvalue weighted by molar-refractivity contribution is 7.07. The van der Waals surface area contributed by atoms with Crippen molar-refractivity contribution in [3.8, 4) is 11.5 Å². The molecular weight excluding hydrogens is 538 g/mol. The first-order valence-electron chi connectivity index (χ1n) is 13.3. The van der Waals surface area contributed by atoms with E-state index in [4.69, 9.17) is 19.2 Å². The molecule has 1 atom stereocenters. The van der Waals surface area contributed by atoms with Gasteiger partial charge in [-0.05, 0) is 43.7 Å². The van der Waals surface area contributed by atoms with Crippen LogP contribution in [0.4, 0.5) is 0 Å². The van der Waals surface area contributed by atoms with E-state index >= 15 is 0 Å². The summed E-state index contributed by atoms with van der Waals surface area (Å²) in [5, 5.41) is 1.03. The molecule has 7 rings (SSSR count). The molecule has 4 heterocycles. The Kier molecular flexibility index (Phi) is 6.09. The number of thiazole rings is 1. The second kappa shape index (κ2) is 9.94. The van der Waals surface area contributed by atoms with Crippen molar-refractivity contribution in [1.82, 2.24) is 9.55 Å². The van der Waals surface area contributed by atoms with Crippen LogP contribution in [-0.2, 0) is 9.53 Å². The average molecular weight is 564 g/mol. The molecule has 2 aromatic heterocycles. The normalized spacial score (nSPS) is 16.1. The quantitative estimate of drug-likeness (QED) is 0.319. The second-order valence-electron chi connectivity index (χ2n) is 9.75. The average Bonchev–Trinajstić information content (AvgIpc) is 3.68. The van der Waals surface area contributed by atoms with Crippen LogP contribution in [-0.4, -0.2) is 28.9 Å². The van der Waals surface area contributed by atoms with Gasteiger partial charge in [-0.2, -0.15) is 0 Å². The molecule has 5 aromatic rings. The molecule has 0 unspecified atom stereocenters. The summed E-state index contributed by atoms with van der Waals surface area (Å²) >= 11 is 1.30. The number of fused-ring (bicyclic) bond motifs is 3. The van der Waals surface area contributed by atoms with E-state index in [9.17, 15) is 9.59 Å². The zero-order valence-electron chi connectivity index (χ0n) is 22.3. The zero-order chi connectivity index (χ0) is 28.1. The minimum Gasteiger partial charge on any atom is -0.463 e. The number of para-hydroxylation sites is 1. The van der Waals surface area contributed by atoms with Gasteiger partial charge in [0.25, 0.3) is 5.56 Å². The molecule has 0 spiro atoms. The van der Waals surface area contributed by atoms with Crippen LogP contribution >= 0.6 is 11.3 Å². The Bertz CT molecular complexity index is 2050. The van der Waals surface area contributed by atoms with Crippen LogP contribution < -0.4 is 24.4 Å². The van der Waals surface area contributed by atoms with Crippen molar-refractivity contribution >= 4 is 40.0 Å². The molecule has 41 heavy (non-hydrogen) atoms. The van der Waals surface area contributed by atoms with Gasteiger partial charge in [0, 0.05) is 27.7 Å². The summed E-state index contributed by atoms with van der Waals surface area (Å²) in [6.07, 6.45) is 1.91. The van der Waals surface area contributed by atoms with Crippen LogP contribution in [0.15, 0.2) is 88.2 Å². The van der Waals surface area contributed by atoms with Crippen molar-refractivity contribution in [1.29, 1.82) is 0 Å². The van der Waals surface area contributed by atoms with E-state index < -0.39 is 12.0 Å². The summed E-state index contributed by atoms with van der Waals surface area (Å²) in [5.41, 5.74) is 4.87. The van der Waals surface area contributed by atoms with Gasteiger partial charge in [0.2, 0.25) is 6.79 Å². The minimum atomic E-state index is -0.791. The fourth-order valence-corrected chi connectivity index (χ4v) is 6.44. The van der Waals surface area contributed by atoms with Crippen LogP contribution in [0, 0.1) is 6.92 Å². The van der Waals surface area contributed by atoms with E-state index in [2.05, 4.69) is 4.98 Å². The third kappa shape index (κ3) is 4.17. The molecule has 9 heteroatoms. The Morgan fingerprint density at radius 3 is 2.71 bits per heavy atom. The van der Waals surface area contributed by atoms with Gasteiger partial charge in [0.15, 0.2) is 16.3 Å². The van der Waals surface area contributed by atoms with Gasteiger partial charge in [-0.25, -0.2) is 9.79 Å². The van der Waals surface area contributed by atoms with Crippen LogP contribution in [0.1, 0.15) is 35.3 Å². The molecule has 0 amide bonds. The molecule has 2 aliphatic heterocycles. The topological polar surface area (TPSA) is 94.9 Å². The lowest BCUT2D eigenvalue weighted by molar-refractivity contribution is -0.138. The van der Waals surface area contributed by atoms with Crippen molar-refractivity contribution < 1.29 is 19.0 Å². The summed E-state index contributed by atoms with van der Waals surface area (Å²) < 4.78 is 18.8. The molecule has 0 saturated carbocycles. The highest BCUT2D eigenvalue weighted by Crippen LogP contribution is 2.40. The second-order valence-corrected chi connectivity index (χ2v) is 10.8. The fourth-order valence-electron chi connectivity index (χ4n) is 5.45. The molecular formula is C32H25N3O5S. The maximum absolute atomic E-state index is 14.2. The lowest BCUT2D eigenvalue weighted by atomic mass is 9.93. The number of hydrogen-bond donors (Lipinski definition) is 1. The van der Waals surface area contributed by atoms with Crippen molar-refractivity contribution in [2.24, 2.45) is 4.99 Å². The lowest BCUT2D eigenvalue weighted by Gasteiger charge is -2.26. The van der Waals surface area contributed by atoms with E-state index in [0.717, 1.165) is 27.7 Å². The van der Waals surface area contributed by atoms with Crippen molar-refractivity contribution in [3.05, 3.63) is 120 Å². The molecule has 0 fully saturated rings. The minimum absolute atomic E-state index is 0.112. The third-order valence-electron chi connectivity index (χ3n) is 7.30. The van der Waals surface area contributed by atoms with E-state index in [0.29, 0.717) is 37.7 Å². The van der Waals surface area contributed by atoms with E-state index in [1.807, 2.05) is 79.7 Å². The third-order valence-corrected chi connectivity index (χ3v) is 8.29. The Labute approximate surface area is 238 Å². The van der Waals surface area contributed by atoms with Gasteiger partial charge in [-0.3, -0.25) is 9.36 Å². The maximum atomic E-state index is 14.2. The Hall–Kier alpha value is -4.89. The van der Waals surface area contributed by atoms with Crippen LogP contribution in [0.3, 0.4) is 0 Å². The summed E-state index contributed by atoms with van der Waals surface area (Å²) in [6.45, 7) is 4.05. The number of aryl methyl sites for hydroxylation is 1. The highest BCUT2D eigenvalue weighted by Gasteiger charge is 2.36. The van der Waals surface area contributed by atoms with Crippen molar-refractivity contribution in [3.63, 3.8) is 0 Å². The SMILES string of the molecule is CCOC(=O)C1=C(c2ccccc2)N=c2sc(=Cc3c(C)[nH]c4ccccc34)c(=O)n2[C@@H]1c1ccc2c(c1)OCO2. The first-order chi connectivity index (χ1) is 20.0. The zero-order valence-corrected chi connectivity index (χ0v) is 23.2. The van der Waals surface area contributed by atoms with Crippen LogP contribution in [0.5, 0.6) is 11.5 Å². The number of nitrogens with zero attached hydrogens (tertiary/aromatic N) is 2. The number of aromatic amines is 1. The number of benzene rings is 3. The number of ether oxygens (including phenoxy) is 3. The Balaban J connectivity index is 1.53. The van der Waals surface area contributed by atoms with E-state index in [-0.39, 0.29) is 19.0 Å². The molecule has 204 valence electrons. The first-order valence-corrected chi connectivity index (χ1v) is 14.1. The van der Waals surface area contributed by atoms with Gasteiger partial charge in [0.1, 0.15) is 0 Å². The summed E-state index contributed by atoms with van der Waals surface area (Å²) in [6, 6.07) is 22.2. The molecule has 8 nitrogen and oxygen atoms in total. The summed E-state index contributed by atoms with van der Waals surface area (Å²) in [5.74, 6) is 0.640. The largest absolute Gasteiger partial charge is 0.463 e. The Morgan fingerprint density at radius 2 is 1.88 bits per heavy atom. The monoisotopic (exact) mass is 563 g/mol. The predicted molar refractivity (Wildman–Crippen MR) is 157 cm³/mol. The molecule has 3 aromatic carbocycles. The summed E-state index contributed by atoms with van der Waals surface area (Å²) in [7, 11) is 0. The van der Waals surface area contributed by atoms with Gasteiger partial charge < -0.3 is 19.2 Å². The lowest BCUT2D eigenvalue weighted by Crippen LogP contribution is -2.40. The molecule has 0 bridgehead atoms. The fraction of sp³-hybridized carbons (Fsp3) is 0.156. The van der Waals surface area contributed by atoms with Crippen molar-refractivity contribution in [2.45, 2.75) is 19.9 Å². The highest BCUT2D eigenvalue weighted by atomic mass is 32.1. The van der Waals surface area contributed by atoms with Crippen molar-refractivity contribution in [2.75, 3.05) is 13.4 Å². The number of hydrogen-bond acceptors (Lipinski definition) is 7. The number of rotatable bonds is 5. The standard InChI is InChI=1S/C32H25N3O5S/c1-3-38-31(37)27-28(19-9-5-4-6-10-19)34-32-35(29(27)20-13-14-24-25(15-20)40-17-39-24)30(36)26(41-32)16-22-18(2)33-23-12-8-7-11-21(22)23/h4-16,29,33H,3,17H2,1-2H3/t29-/m1/s1. The summed E-state index contributed by atoms with van der Waals surface area (Å²) in [4.78, 5) is 36.7. The number of carbonyl (C=O) groups is 1. The number of esters is 1. The van der Waals surface area contributed by atoms with E-state index in [1.165, 1.54) is 11.3 Å². The molecule has 0 saturated heterocycles. The van der Waals surface area contributed by atoms with Gasteiger partial charge in [0.05, 0.1) is 28.5 Å². The van der Waals surface area contributed by atoms with Crippen LogP contribution in [0.2, 0.25) is 0 Å². The maximum Gasteiger partial charge on any atom is 0.338 e.